The number of hydrogen-bond donors (Lipinski definition) is 1. The summed E-state index contributed by atoms with van der Waals surface area (Å²) in [5.74, 6) is 0.0894. The Labute approximate surface area is 121 Å². The van der Waals surface area contributed by atoms with Crippen molar-refractivity contribution in [2.75, 3.05) is 26.3 Å². The Morgan fingerprint density at radius 3 is 2.71 bits per heavy atom. The lowest BCUT2D eigenvalue weighted by molar-refractivity contribution is -0.128. The minimum atomic E-state index is -2.84. The van der Waals surface area contributed by atoms with Crippen LogP contribution in [-0.4, -0.2) is 43.7 Å². The molecule has 1 unspecified atom stereocenters. The Balaban J connectivity index is 2.03. The van der Waals surface area contributed by atoms with E-state index >= 15 is 0 Å². The van der Waals surface area contributed by atoms with Crippen LogP contribution in [0.1, 0.15) is 18.7 Å². The summed E-state index contributed by atoms with van der Waals surface area (Å²) in [6.45, 7) is 0.853. The van der Waals surface area contributed by atoms with Gasteiger partial charge in [-0.2, -0.15) is 8.78 Å². The SMILES string of the molecule is CCOCCN1C(=O)CNC1c1ccc(OC(F)F)cc1. The molecule has 1 aromatic carbocycles. The fraction of sp³-hybridized carbons (Fsp3) is 0.500. The number of carbonyl (C=O) groups excluding carboxylic acids is 1. The summed E-state index contributed by atoms with van der Waals surface area (Å²) in [5.41, 5.74) is 0.818. The fourth-order valence-corrected chi connectivity index (χ4v) is 2.23. The van der Waals surface area contributed by atoms with Crippen LogP contribution in [0.4, 0.5) is 8.78 Å². The van der Waals surface area contributed by atoms with Gasteiger partial charge in [0.15, 0.2) is 0 Å². The van der Waals surface area contributed by atoms with E-state index in [1.807, 2.05) is 6.92 Å². The first-order chi connectivity index (χ1) is 10.1. The minimum Gasteiger partial charge on any atom is -0.435 e. The zero-order valence-corrected chi connectivity index (χ0v) is 11.7. The highest BCUT2D eigenvalue weighted by Crippen LogP contribution is 2.24. The molecule has 1 saturated heterocycles. The third-order valence-electron chi connectivity index (χ3n) is 3.18. The van der Waals surface area contributed by atoms with E-state index in [9.17, 15) is 13.6 Å². The molecule has 0 radical (unpaired) electrons. The van der Waals surface area contributed by atoms with Gasteiger partial charge >= 0.3 is 6.61 Å². The number of nitrogens with zero attached hydrogens (tertiary/aromatic N) is 1. The van der Waals surface area contributed by atoms with Crippen molar-refractivity contribution < 1.29 is 23.0 Å². The molecule has 1 amide bonds. The van der Waals surface area contributed by atoms with Gasteiger partial charge in [0.25, 0.3) is 0 Å². The van der Waals surface area contributed by atoms with Gasteiger partial charge in [0.1, 0.15) is 11.9 Å². The first-order valence-electron chi connectivity index (χ1n) is 6.77. The molecule has 1 aliphatic rings. The quantitative estimate of drug-likeness (QED) is 0.780. The molecule has 0 spiro atoms. The molecule has 1 heterocycles. The van der Waals surface area contributed by atoms with Crippen molar-refractivity contribution in [2.24, 2.45) is 0 Å². The number of halogens is 2. The number of ether oxygens (including phenoxy) is 2. The monoisotopic (exact) mass is 300 g/mol. The molecular formula is C14H18F2N2O3. The van der Waals surface area contributed by atoms with Crippen LogP contribution in [-0.2, 0) is 9.53 Å². The van der Waals surface area contributed by atoms with E-state index in [2.05, 4.69) is 10.1 Å². The molecule has 0 aromatic heterocycles. The summed E-state index contributed by atoms with van der Waals surface area (Å²) < 4.78 is 33.8. The summed E-state index contributed by atoms with van der Waals surface area (Å²) in [7, 11) is 0. The van der Waals surface area contributed by atoms with Crippen LogP contribution in [0.25, 0.3) is 0 Å². The van der Waals surface area contributed by atoms with Gasteiger partial charge < -0.3 is 14.4 Å². The Hall–Kier alpha value is -1.73. The molecule has 1 N–H and O–H groups in total. The summed E-state index contributed by atoms with van der Waals surface area (Å²) in [6.07, 6.45) is -0.265. The molecular weight excluding hydrogens is 282 g/mol. The van der Waals surface area contributed by atoms with Gasteiger partial charge in [-0.3, -0.25) is 10.1 Å². The molecule has 2 rings (SSSR count). The Morgan fingerprint density at radius 2 is 2.10 bits per heavy atom. The number of amides is 1. The lowest BCUT2D eigenvalue weighted by Crippen LogP contribution is -2.33. The Kier molecular flexibility index (Phi) is 5.46. The summed E-state index contributed by atoms with van der Waals surface area (Å²) in [6, 6.07) is 6.27. The first kappa shape index (κ1) is 15.7. The van der Waals surface area contributed by atoms with Gasteiger partial charge in [0, 0.05) is 13.2 Å². The molecule has 5 nitrogen and oxygen atoms in total. The van der Waals surface area contributed by atoms with E-state index in [0.29, 0.717) is 19.8 Å². The number of carbonyl (C=O) groups is 1. The molecule has 1 fully saturated rings. The van der Waals surface area contributed by atoms with Gasteiger partial charge in [0.05, 0.1) is 13.2 Å². The van der Waals surface area contributed by atoms with Crippen molar-refractivity contribution in [3.05, 3.63) is 29.8 Å². The van der Waals surface area contributed by atoms with Crippen molar-refractivity contribution in [3.63, 3.8) is 0 Å². The van der Waals surface area contributed by atoms with Gasteiger partial charge in [0.2, 0.25) is 5.91 Å². The third kappa shape index (κ3) is 4.12. The Bertz CT molecular complexity index is 468. The highest BCUT2D eigenvalue weighted by Gasteiger charge is 2.31. The normalized spacial score (nSPS) is 18.6. The number of benzene rings is 1. The van der Waals surface area contributed by atoms with Crippen molar-refractivity contribution in [1.82, 2.24) is 10.2 Å². The zero-order valence-electron chi connectivity index (χ0n) is 11.7. The summed E-state index contributed by atoms with van der Waals surface area (Å²) in [4.78, 5) is 13.5. The fourth-order valence-electron chi connectivity index (χ4n) is 2.23. The first-order valence-corrected chi connectivity index (χ1v) is 6.77. The second-order valence-electron chi connectivity index (χ2n) is 4.52. The topological polar surface area (TPSA) is 50.8 Å². The molecule has 0 bridgehead atoms. The number of alkyl halides is 2. The van der Waals surface area contributed by atoms with Gasteiger partial charge in [-0.15, -0.1) is 0 Å². The molecule has 1 atom stereocenters. The van der Waals surface area contributed by atoms with Crippen molar-refractivity contribution >= 4 is 5.91 Å². The molecule has 116 valence electrons. The average molecular weight is 300 g/mol. The van der Waals surface area contributed by atoms with Crippen LogP contribution in [0.15, 0.2) is 24.3 Å². The highest BCUT2D eigenvalue weighted by atomic mass is 19.3. The van der Waals surface area contributed by atoms with Crippen LogP contribution in [0.3, 0.4) is 0 Å². The molecule has 0 saturated carbocycles. The number of hydrogen-bond acceptors (Lipinski definition) is 4. The summed E-state index contributed by atoms with van der Waals surface area (Å²) >= 11 is 0. The maximum atomic E-state index is 12.1. The lowest BCUT2D eigenvalue weighted by Gasteiger charge is -2.24. The van der Waals surface area contributed by atoms with E-state index in [0.717, 1.165) is 5.56 Å². The van der Waals surface area contributed by atoms with E-state index in [-0.39, 0.29) is 24.4 Å². The van der Waals surface area contributed by atoms with Crippen LogP contribution < -0.4 is 10.1 Å². The molecule has 7 heteroatoms. The highest BCUT2D eigenvalue weighted by molar-refractivity contribution is 5.80. The zero-order chi connectivity index (χ0) is 15.2. The lowest BCUT2D eigenvalue weighted by atomic mass is 10.1. The summed E-state index contributed by atoms with van der Waals surface area (Å²) in [5, 5.41) is 3.09. The predicted molar refractivity (Wildman–Crippen MR) is 72.0 cm³/mol. The smallest absolute Gasteiger partial charge is 0.387 e. The van der Waals surface area contributed by atoms with Crippen molar-refractivity contribution in [3.8, 4) is 5.75 Å². The maximum Gasteiger partial charge on any atom is 0.387 e. The van der Waals surface area contributed by atoms with Crippen LogP contribution in [0.2, 0.25) is 0 Å². The number of nitrogens with one attached hydrogen (secondary N) is 1. The second kappa shape index (κ2) is 7.33. The standard InChI is InChI=1S/C14H18F2N2O3/c1-2-20-8-7-18-12(19)9-17-13(18)10-3-5-11(6-4-10)21-14(15)16/h3-6,13-14,17H,2,7-9H2,1H3. The van der Waals surface area contributed by atoms with Crippen molar-refractivity contribution in [2.45, 2.75) is 19.7 Å². The van der Waals surface area contributed by atoms with E-state index in [1.165, 1.54) is 12.1 Å². The largest absolute Gasteiger partial charge is 0.435 e. The van der Waals surface area contributed by atoms with Gasteiger partial charge in [-0.1, -0.05) is 12.1 Å². The number of rotatable bonds is 7. The van der Waals surface area contributed by atoms with Gasteiger partial charge in [-0.25, -0.2) is 0 Å². The minimum absolute atomic E-state index is 0.00684. The molecule has 21 heavy (non-hydrogen) atoms. The van der Waals surface area contributed by atoms with Crippen LogP contribution in [0, 0.1) is 0 Å². The van der Waals surface area contributed by atoms with Crippen LogP contribution >= 0.6 is 0 Å². The average Bonchev–Trinajstić information content (AvgIpc) is 2.81. The predicted octanol–water partition coefficient (Wildman–Crippen LogP) is 1.75. The molecule has 0 aliphatic carbocycles. The van der Waals surface area contributed by atoms with E-state index in [4.69, 9.17) is 4.74 Å². The van der Waals surface area contributed by atoms with Crippen molar-refractivity contribution in [1.29, 1.82) is 0 Å². The van der Waals surface area contributed by atoms with E-state index in [1.54, 1.807) is 17.0 Å². The van der Waals surface area contributed by atoms with Crippen LogP contribution in [0.5, 0.6) is 5.75 Å². The second-order valence-corrected chi connectivity index (χ2v) is 4.52. The maximum absolute atomic E-state index is 12.1. The Morgan fingerprint density at radius 1 is 1.38 bits per heavy atom. The molecule has 1 aliphatic heterocycles. The van der Waals surface area contributed by atoms with E-state index < -0.39 is 6.61 Å². The third-order valence-corrected chi connectivity index (χ3v) is 3.18. The van der Waals surface area contributed by atoms with Gasteiger partial charge in [-0.05, 0) is 24.6 Å². The molecule has 1 aromatic rings.